The first-order valence-corrected chi connectivity index (χ1v) is 12.1. The van der Waals surface area contributed by atoms with Gasteiger partial charge in [0.05, 0.1) is 10.9 Å². The lowest BCUT2D eigenvalue weighted by molar-refractivity contribution is -0.117. The van der Waals surface area contributed by atoms with E-state index in [1.807, 2.05) is 20.8 Å². The van der Waals surface area contributed by atoms with E-state index >= 15 is 0 Å². The molecule has 0 aliphatic heterocycles. The number of anilines is 1. The van der Waals surface area contributed by atoms with Crippen molar-refractivity contribution in [1.29, 1.82) is 0 Å². The van der Waals surface area contributed by atoms with Crippen molar-refractivity contribution < 1.29 is 9.59 Å². The van der Waals surface area contributed by atoms with Crippen LogP contribution < -0.4 is 21.9 Å². The Bertz CT molecular complexity index is 1570. The van der Waals surface area contributed by atoms with Gasteiger partial charge in [0.25, 0.3) is 11.5 Å². The number of amides is 2. The molecule has 0 saturated heterocycles. The molecule has 2 amide bonds. The molecule has 0 aliphatic carbocycles. The van der Waals surface area contributed by atoms with Gasteiger partial charge in [-0.25, -0.2) is 13.9 Å². The lowest BCUT2D eigenvalue weighted by Gasteiger charge is -2.13. The summed E-state index contributed by atoms with van der Waals surface area (Å²) in [5.74, 6) is -0.664. The fraction of sp³-hybridized carbons (Fsp3) is 0.320. The number of rotatable bonds is 8. The number of hydrogen-bond acceptors (Lipinski definition) is 5. The van der Waals surface area contributed by atoms with Gasteiger partial charge in [-0.05, 0) is 62.2 Å². The van der Waals surface area contributed by atoms with Crippen molar-refractivity contribution in [1.82, 2.24) is 24.1 Å². The van der Waals surface area contributed by atoms with Gasteiger partial charge in [-0.2, -0.15) is 0 Å². The summed E-state index contributed by atoms with van der Waals surface area (Å²) in [6.07, 6.45) is 1.39. The van der Waals surface area contributed by atoms with E-state index in [4.69, 9.17) is 11.6 Å². The van der Waals surface area contributed by atoms with Crippen molar-refractivity contribution in [3.63, 3.8) is 0 Å². The lowest BCUT2D eigenvalue weighted by Crippen LogP contribution is -2.32. The maximum Gasteiger partial charge on any atom is 0.352 e. The predicted molar refractivity (Wildman–Crippen MR) is 139 cm³/mol. The van der Waals surface area contributed by atoms with Crippen molar-refractivity contribution >= 4 is 45.8 Å². The van der Waals surface area contributed by atoms with Gasteiger partial charge in [-0.3, -0.25) is 19.0 Å². The Balaban J connectivity index is 1.81. The maximum atomic E-state index is 13.4. The second-order valence-electron chi connectivity index (χ2n) is 8.60. The lowest BCUT2D eigenvalue weighted by atomic mass is 10.1. The quantitative estimate of drug-likeness (QED) is 0.377. The minimum Gasteiger partial charge on any atom is -0.350 e. The number of nitrogens with one attached hydrogen (secondary N) is 2. The van der Waals surface area contributed by atoms with Gasteiger partial charge in [0.1, 0.15) is 6.54 Å². The van der Waals surface area contributed by atoms with Gasteiger partial charge in [-0.15, -0.1) is 5.10 Å². The summed E-state index contributed by atoms with van der Waals surface area (Å²) >= 11 is 5.88. The number of carbonyl (C=O) groups is 2. The third-order valence-electron chi connectivity index (χ3n) is 5.90. The number of fused-ring (bicyclic) bond motifs is 3. The average Bonchev–Trinajstić information content (AvgIpc) is 3.18. The number of halogens is 1. The van der Waals surface area contributed by atoms with Crippen LogP contribution in [0.2, 0.25) is 5.02 Å². The van der Waals surface area contributed by atoms with Gasteiger partial charge in [0, 0.05) is 28.9 Å². The Morgan fingerprint density at radius 1 is 1.08 bits per heavy atom. The smallest absolute Gasteiger partial charge is 0.350 e. The van der Waals surface area contributed by atoms with E-state index in [1.165, 1.54) is 15.0 Å². The normalized spacial score (nSPS) is 12.1. The average molecular weight is 511 g/mol. The molecule has 0 bridgehead atoms. The van der Waals surface area contributed by atoms with Crippen LogP contribution in [0.1, 0.15) is 44.0 Å². The number of hydrogen-bond donors (Lipinski definition) is 2. The molecule has 1 unspecified atom stereocenters. The van der Waals surface area contributed by atoms with Gasteiger partial charge >= 0.3 is 5.69 Å². The fourth-order valence-electron chi connectivity index (χ4n) is 3.86. The van der Waals surface area contributed by atoms with Crippen LogP contribution >= 0.6 is 11.6 Å². The summed E-state index contributed by atoms with van der Waals surface area (Å²) in [5.41, 5.74) is 0.179. The minimum atomic E-state index is -0.592. The Kier molecular flexibility index (Phi) is 7.25. The van der Waals surface area contributed by atoms with Gasteiger partial charge in [-0.1, -0.05) is 25.4 Å². The molecule has 10 nitrogen and oxygen atoms in total. The molecule has 0 saturated carbocycles. The summed E-state index contributed by atoms with van der Waals surface area (Å²) in [5, 5.41) is 10.7. The van der Waals surface area contributed by atoms with E-state index in [2.05, 4.69) is 15.7 Å². The zero-order valence-electron chi connectivity index (χ0n) is 20.2. The topological polar surface area (TPSA) is 120 Å². The first-order valence-electron chi connectivity index (χ1n) is 11.8. The number of aromatic nitrogens is 4. The highest BCUT2D eigenvalue weighted by Crippen LogP contribution is 2.16. The van der Waals surface area contributed by atoms with Crippen molar-refractivity contribution in [2.75, 3.05) is 5.32 Å². The van der Waals surface area contributed by atoms with E-state index in [0.717, 1.165) is 11.1 Å². The number of aryl methyl sites for hydroxylation is 1. The van der Waals surface area contributed by atoms with Crippen molar-refractivity contribution in [2.24, 2.45) is 0 Å². The summed E-state index contributed by atoms with van der Waals surface area (Å²) in [6.45, 7) is 5.73. The molecule has 0 aliphatic rings. The van der Waals surface area contributed by atoms with Crippen molar-refractivity contribution in [3.05, 3.63) is 73.9 Å². The highest BCUT2D eigenvalue weighted by molar-refractivity contribution is 6.30. The second-order valence-corrected chi connectivity index (χ2v) is 9.04. The van der Waals surface area contributed by atoms with E-state index in [0.29, 0.717) is 29.2 Å². The molecule has 0 radical (unpaired) electrons. The molecular formula is C25H27ClN6O4. The van der Waals surface area contributed by atoms with Gasteiger partial charge in [0.2, 0.25) is 11.7 Å². The van der Waals surface area contributed by atoms with Crippen LogP contribution in [-0.2, 0) is 17.9 Å². The molecule has 2 heterocycles. The molecule has 0 spiro atoms. The standard InChI is InChI=1S/C25H27ClN6O4/c1-4-12-30-23(35)19-11-6-16(22(34)27-15(3)5-2)13-20(19)32-24(30)29-31(25(32)36)14-21(33)28-18-9-7-17(26)8-10-18/h6-11,13,15H,4-5,12,14H2,1-3H3,(H,27,34)(H,28,33). The Morgan fingerprint density at radius 3 is 2.47 bits per heavy atom. The zero-order valence-corrected chi connectivity index (χ0v) is 21.0. The van der Waals surface area contributed by atoms with E-state index in [-0.39, 0.29) is 40.7 Å². The molecule has 1 atom stereocenters. The third kappa shape index (κ3) is 4.90. The first kappa shape index (κ1) is 25.2. The Labute approximate surface area is 211 Å². The molecule has 4 rings (SSSR count). The summed E-state index contributed by atoms with van der Waals surface area (Å²) in [6, 6.07) is 11.2. The van der Waals surface area contributed by atoms with Crippen LogP contribution in [0.3, 0.4) is 0 Å². The van der Waals surface area contributed by atoms with Crippen LogP contribution in [0, 0.1) is 0 Å². The highest BCUT2D eigenvalue weighted by atomic mass is 35.5. The number of nitrogens with zero attached hydrogens (tertiary/aromatic N) is 4. The van der Waals surface area contributed by atoms with Gasteiger partial charge < -0.3 is 10.6 Å². The number of carbonyl (C=O) groups excluding carboxylic acids is 2. The third-order valence-corrected chi connectivity index (χ3v) is 6.15. The van der Waals surface area contributed by atoms with Crippen LogP contribution in [0.4, 0.5) is 5.69 Å². The van der Waals surface area contributed by atoms with Crippen LogP contribution in [-0.4, -0.2) is 36.6 Å². The molecule has 0 fully saturated rings. The molecule has 2 aromatic carbocycles. The number of benzene rings is 2. The predicted octanol–water partition coefficient (Wildman–Crippen LogP) is 3.04. The minimum absolute atomic E-state index is 0.0320. The second kappa shape index (κ2) is 10.4. The zero-order chi connectivity index (χ0) is 26.0. The highest BCUT2D eigenvalue weighted by Gasteiger charge is 2.20. The summed E-state index contributed by atoms with van der Waals surface area (Å²) in [7, 11) is 0. The SMILES string of the molecule is CCCn1c(=O)c2ccc(C(=O)NC(C)CC)cc2n2c(=O)n(CC(=O)Nc3ccc(Cl)cc3)nc12. The van der Waals surface area contributed by atoms with Crippen molar-refractivity contribution in [2.45, 2.75) is 52.7 Å². The monoisotopic (exact) mass is 510 g/mol. The largest absolute Gasteiger partial charge is 0.352 e. The van der Waals surface area contributed by atoms with Gasteiger partial charge in [0.15, 0.2) is 0 Å². The molecular weight excluding hydrogens is 484 g/mol. The van der Waals surface area contributed by atoms with Crippen LogP contribution in [0.25, 0.3) is 16.7 Å². The fourth-order valence-corrected chi connectivity index (χ4v) is 3.99. The molecule has 4 aromatic rings. The molecule has 36 heavy (non-hydrogen) atoms. The van der Waals surface area contributed by atoms with Crippen molar-refractivity contribution in [3.8, 4) is 0 Å². The summed E-state index contributed by atoms with van der Waals surface area (Å²) < 4.78 is 3.70. The van der Waals surface area contributed by atoms with E-state index < -0.39 is 11.6 Å². The summed E-state index contributed by atoms with van der Waals surface area (Å²) in [4.78, 5) is 52.0. The van der Waals surface area contributed by atoms with Crippen LogP contribution in [0.15, 0.2) is 52.1 Å². The van der Waals surface area contributed by atoms with Crippen LogP contribution in [0.5, 0.6) is 0 Å². The maximum absolute atomic E-state index is 13.4. The Hall–Kier alpha value is -3.92. The molecule has 2 aromatic heterocycles. The molecule has 188 valence electrons. The first-order chi connectivity index (χ1) is 17.2. The van der Waals surface area contributed by atoms with E-state index in [1.54, 1.807) is 36.4 Å². The van der Waals surface area contributed by atoms with E-state index in [9.17, 15) is 19.2 Å². The Morgan fingerprint density at radius 2 is 1.81 bits per heavy atom. The molecule has 11 heteroatoms. The molecule has 2 N–H and O–H groups in total.